The second kappa shape index (κ2) is 1.94. The third kappa shape index (κ3) is 0.857. The van der Waals surface area contributed by atoms with Gasteiger partial charge in [-0.2, -0.15) is 0 Å². The summed E-state index contributed by atoms with van der Waals surface area (Å²) < 4.78 is 5.04. The van der Waals surface area contributed by atoms with Crippen LogP contribution in [0.2, 0.25) is 0 Å². The maximum atomic E-state index is 5.23. The first-order valence-electron chi connectivity index (χ1n) is 2.67. The van der Waals surface area contributed by atoms with Gasteiger partial charge in [-0.15, -0.1) is 0 Å². The molecule has 8 heavy (non-hydrogen) atoms. The Labute approximate surface area is 48.3 Å². The van der Waals surface area contributed by atoms with Crippen molar-refractivity contribution < 1.29 is 4.74 Å². The van der Waals surface area contributed by atoms with Gasteiger partial charge in [0.1, 0.15) is 11.6 Å². The molecule has 1 fully saturated rings. The van der Waals surface area contributed by atoms with E-state index in [0.29, 0.717) is 5.82 Å². The fourth-order valence-corrected chi connectivity index (χ4v) is 0.728. The molecular formula is C5H10N2O. The molecule has 0 aromatic rings. The summed E-state index contributed by atoms with van der Waals surface area (Å²) in [6.07, 6.45) is 1.95. The molecule has 1 rings (SSSR count). The van der Waals surface area contributed by atoms with E-state index in [2.05, 4.69) is 0 Å². The highest BCUT2D eigenvalue weighted by Crippen LogP contribution is 2.15. The Hall–Kier alpha value is -0.860. The van der Waals surface area contributed by atoms with Gasteiger partial charge >= 0.3 is 0 Å². The summed E-state index contributed by atoms with van der Waals surface area (Å²) in [7, 11) is 0. The van der Waals surface area contributed by atoms with Crippen molar-refractivity contribution in [1.82, 2.24) is 0 Å². The van der Waals surface area contributed by atoms with Crippen molar-refractivity contribution in [1.29, 1.82) is 0 Å². The highest BCUT2D eigenvalue weighted by atomic mass is 16.5. The summed E-state index contributed by atoms with van der Waals surface area (Å²) in [5.74, 6) is 1.10. The SMILES string of the molecule is NC(N)=C1CCCO1. The molecule has 0 atom stereocenters. The van der Waals surface area contributed by atoms with Crippen LogP contribution in [0, 0.1) is 0 Å². The molecule has 1 saturated heterocycles. The summed E-state index contributed by atoms with van der Waals surface area (Å²) >= 11 is 0. The first-order chi connectivity index (χ1) is 3.80. The molecule has 3 nitrogen and oxygen atoms in total. The maximum Gasteiger partial charge on any atom is 0.135 e. The summed E-state index contributed by atoms with van der Waals surface area (Å²) in [5, 5.41) is 0. The topological polar surface area (TPSA) is 61.3 Å². The van der Waals surface area contributed by atoms with Gasteiger partial charge in [-0.05, 0) is 6.42 Å². The minimum atomic E-state index is 0.336. The molecule has 0 radical (unpaired) electrons. The van der Waals surface area contributed by atoms with Gasteiger partial charge in [-0.3, -0.25) is 0 Å². The van der Waals surface area contributed by atoms with Crippen LogP contribution in [0.1, 0.15) is 12.8 Å². The van der Waals surface area contributed by atoms with Crippen LogP contribution in [-0.2, 0) is 4.74 Å². The van der Waals surface area contributed by atoms with Crippen LogP contribution in [0.25, 0.3) is 0 Å². The summed E-state index contributed by atoms with van der Waals surface area (Å²) in [4.78, 5) is 0. The number of rotatable bonds is 0. The van der Waals surface area contributed by atoms with Crippen LogP contribution in [0.5, 0.6) is 0 Å². The molecule has 46 valence electrons. The van der Waals surface area contributed by atoms with Crippen molar-refractivity contribution in [3.05, 3.63) is 11.6 Å². The number of nitrogens with two attached hydrogens (primary N) is 2. The van der Waals surface area contributed by atoms with Crippen molar-refractivity contribution in [2.75, 3.05) is 6.61 Å². The highest BCUT2D eigenvalue weighted by molar-refractivity contribution is 5.02. The van der Waals surface area contributed by atoms with Gasteiger partial charge in [-0.25, -0.2) is 0 Å². The van der Waals surface area contributed by atoms with E-state index < -0.39 is 0 Å². The van der Waals surface area contributed by atoms with Crippen LogP contribution >= 0.6 is 0 Å². The van der Waals surface area contributed by atoms with Crippen LogP contribution in [-0.4, -0.2) is 6.61 Å². The molecule has 0 amide bonds. The lowest BCUT2D eigenvalue weighted by Crippen LogP contribution is -2.11. The molecule has 0 saturated carbocycles. The molecule has 1 aliphatic heterocycles. The van der Waals surface area contributed by atoms with Gasteiger partial charge < -0.3 is 16.2 Å². The lowest BCUT2D eigenvalue weighted by Gasteiger charge is -1.97. The Morgan fingerprint density at radius 3 is 2.50 bits per heavy atom. The van der Waals surface area contributed by atoms with E-state index in [0.717, 1.165) is 25.2 Å². The maximum absolute atomic E-state index is 5.23. The van der Waals surface area contributed by atoms with Crippen molar-refractivity contribution in [2.45, 2.75) is 12.8 Å². The zero-order chi connectivity index (χ0) is 5.98. The molecule has 0 bridgehead atoms. The fraction of sp³-hybridized carbons (Fsp3) is 0.600. The number of hydrogen-bond donors (Lipinski definition) is 2. The third-order valence-electron chi connectivity index (χ3n) is 1.15. The Bertz CT molecular complexity index is 108. The molecule has 0 aliphatic carbocycles. The fourth-order valence-electron chi connectivity index (χ4n) is 0.728. The van der Waals surface area contributed by atoms with E-state index in [-0.39, 0.29) is 0 Å². The Morgan fingerprint density at radius 1 is 1.50 bits per heavy atom. The molecule has 1 heterocycles. The lowest BCUT2D eigenvalue weighted by atomic mass is 10.3. The lowest BCUT2D eigenvalue weighted by molar-refractivity contribution is 0.259. The Balaban J connectivity index is 2.58. The summed E-state index contributed by atoms with van der Waals surface area (Å²) in [5.41, 5.74) is 10.5. The predicted octanol–water partition coefficient (Wildman–Crippen LogP) is -0.117. The molecule has 0 aromatic heterocycles. The standard InChI is InChI=1S/C5H10N2O/c6-5(7)4-2-1-3-8-4/h1-3,6-7H2. The molecular weight excluding hydrogens is 104 g/mol. The minimum Gasteiger partial charge on any atom is -0.494 e. The first-order valence-corrected chi connectivity index (χ1v) is 2.67. The van der Waals surface area contributed by atoms with Gasteiger partial charge in [0.15, 0.2) is 0 Å². The average Bonchev–Trinajstić information content (AvgIpc) is 2.12. The van der Waals surface area contributed by atoms with Crippen LogP contribution in [0.3, 0.4) is 0 Å². The van der Waals surface area contributed by atoms with Crippen molar-refractivity contribution >= 4 is 0 Å². The molecule has 4 N–H and O–H groups in total. The first kappa shape index (κ1) is 5.28. The third-order valence-corrected chi connectivity index (χ3v) is 1.15. The van der Waals surface area contributed by atoms with E-state index in [1.165, 1.54) is 0 Å². The van der Waals surface area contributed by atoms with E-state index in [9.17, 15) is 0 Å². The molecule has 0 unspecified atom stereocenters. The molecule has 0 spiro atoms. The second-order valence-corrected chi connectivity index (χ2v) is 1.83. The van der Waals surface area contributed by atoms with Gasteiger partial charge in [0.2, 0.25) is 0 Å². The van der Waals surface area contributed by atoms with Gasteiger partial charge in [0.25, 0.3) is 0 Å². The molecule has 0 aromatic carbocycles. The van der Waals surface area contributed by atoms with Crippen molar-refractivity contribution in [3.8, 4) is 0 Å². The van der Waals surface area contributed by atoms with Crippen LogP contribution < -0.4 is 11.5 Å². The van der Waals surface area contributed by atoms with E-state index in [1.807, 2.05) is 0 Å². The monoisotopic (exact) mass is 114 g/mol. The quantitative estimate of drug-likeness (QED) is 0.461. The van der Waals surface area contributed by atoms with E-state index in [4.69, 9.17) is 16.2 Å². The zero-order valence-corrected chi connectivity index (χ0v) is 4.68. The number of hydrogen-bond acceptors (Lipinski definition) is 3. The van der Waals surface area contributed by atoms with Crippen LogP contribution in [0.4, 0.5) is 0 Å². The number of allylic oxidation sites excluding steroid dienone is 1. The smallest absolute Gasteiger partial charge is 0.135 e. The average molecular weight is 114 g/mol. The van der Waals surface area contributed by atoms with Gasteiger partial charge in [0.05, 0.1) is 6.61 Å². The summed E-state index contributed by atoms with van der Waals surface area (Å²) in [6, 6.07) is 0. The normalized spacial score (nSPS) is 18.2. The largest absolute Gasteiger partial charge is 0.494 e. The Kier molecular flexibility index (Phi) is 1.28. The van der Waals surface area contributed by atoms with Crippen molar-refractivity contribution in [2.24, 2.45) is 11.5 Å². The summed E-state index contributed by atoms with van der Waals surface area (Å²) in [6.45, 7) is 0.771. The Morgan fingerprint density at radius 2 is 2.25 bits per heavy atom. The van der Waals surface area contributed by atoms with E-state index in [1.54, 1.807) is 0 Å². The number of ether oxygens (including phenoxy) is 1. The molecule has 1 aliphatic rings. The zero-order valence-electron chi connectivity index (χ0n) is 4.68. The van der Waals surface area contributed by atoms with E-state index >= 15 is 0 Å². The van der Waals surface area contributed by atoms with Gasteiger partial charge in [-0.1, -0.05) is 0 Å². The predicted molar refractivity (Wildman–Crippen MR) is 30.6 cm³/mol. The van der Waals surface area contributed by atoms with Crippen molar-refractivity contribution in [3.63, 3.8) is 0 Å². The van der Waals surface area contributed by atoms with Crippen LogP contribution in [0.15, 0.2) is 11.6 Å². The molecule has 3 heteroatoms. The minimum absolute atomic E-state index is 0.336. The second-order valence-electron chi connectivity index (χ2n) is 1.83. The van der Waals surface area contributed by atoms with Gasteiger partial charge in [0, 0.05) is 6.42 Å². The highest BCUT2D eigenvalue weighted by Gasteiger charge is 2.08.